The molecule has 3 rings (SSSR count). The molecule has 0 aliphatic carbocycles. The van der Waals surface area contributed by atoms with Gasteiger partial charge in [0.2, 0.25) is 0 Å². The van der Waals surface area contributed by atoms with E-state index in [0.717, 1.165) is 25.4 Å². The van der Waals surface area contributed by atoms with Crippen LogP contribution in [0.4, 0.5) is 0 Å². The maximum absolute atomic E-state index is 5.64. The fourth-order valence-corrected chi connectivity index (χ4v) is 5.73. The third-order valence-electron chi connectivity index (χ3n) is 5.80. The molecule has 0 bridgehead atoms. The van der Waals surface area contributed by atoms with Gasteiger partial charge in [0.05, 0.1) is 4.75 Å². The van der Waals surface area contributed by atoms with Gasteiger partial charge in [-0.3, -0.25) is 0 Å². The lowest BCUT2D eigenvalue weighted by molar-refractivity contribution is 0.333. The molecule has 0 spiro atoms. The molecule has 0 radical (unpaired) electrons. The second kappa shape index (κ2) is 12.7. The number of thioether (sulfide) groups is 1. The van der Waals surface area contributed by atoms with E-state index in [0.29, 0.717) is 0 Å². The van der Waals surface area contributed by atoms with Crippen LogP contribution in [0.15, 0.2) is 91.0 Å². The van der Waals surface area contributed by atoms with Crippen LogP contribution in [0.3, 0.4) is 0 Å². The van der Waals surface area contributed by atoms with Gasteiger partial charge in [0.15, 0.2) is 0 Å². The van der Waals surface area contributed by atoms with Crippen LogP contribution >= 0.6 is 11.8 Å². The van der Waals surface area contributed by atoms with Gasteiger partial charge in [-0.25, -0.2) is 0 Å². The van der Waals surface area contributed by atoms with Crippen LogP contribution < -0.4 is 5.73 Å². The van der Waals surface area contributed by atoms with Crippen molar-refractivity contribution in [1.29, 1.82) is 0 Å². The molecular formula is C28H36N2S. The van der Waals surface area contributed by atoms with Crippen LogP contribution in [0.25, 0.3) is 0 Å². The van der Waals surface area contributed by atoms with Gasteiger partial charge in [-0.2, -0.15) is 0 Å². The van der Waals surface area contributed by atoms with Gasteiger partial charge in [-0.05, 0) is 48.9 Å². The first-order chi connectivity index (χ1) is 15.3. The Kier molecular flexibility index (Phi) is 9.67. The minimum Gasteiger partial charge on any atom is -0.329 e. The number of hydrogen-bond acceptors (Lipinski definition) is 3. The normalized spacial score (nSPS) is 11.7. The highest BCUT2D eigenvalue weighted by Crippen LogP contribution is 2.48. The Morgan fingerprint density at radius 1 is 0.645 bits per heavy atom. The lowest BCUT2D eigenvalue weighted by Gasteiger charge is -2.35. The molecule has 3 aromatic rings. The van der Waals surface area contributed by atoms with Crippen molar-refractivity contribution in [1.82, 2.24) is 4.90 Å². The predicted octanol–water partition coefficient (Wildman–Crippen LogP) is 6.16. The highest BCUT2D eigenvalue weighted by atomic mass is 32.2. The molecule has 0 unspecified atom stereocenters. The Hall–Kier alpha value is -2.07. The monoisotopic (exact) mass is 432 g/mol. The van der Waals surface area contributed by atoms with Crippen molar-refractivity contribution in [2.45, 2.75) is 30.4 Å². The zero-order valence-electron chi connectivity index (χ0n) is 18.7. The minimum atomic E-state index is -0.189. The summed E-state index contributed by atoms with van der Waals surface area (Å²) in [7, 11) is 2.16. The van der Waals surface area contributed by atoms with E-state index in [9.17, 15) is 0 Å². The molecule has 0 atom stereocenters. The molecule has 31 heavy (non-hydrogen) atoms. The van der Waals surface area contributed by atoms with Crippen molar-refractivity contribution < 1.29 is 0 Å². The van der Waals surface area contributed by atoms with E-state index < -0.39 is 0 Å². The molecular weight excluding hydrogens is 396 g/mol. The van der Waals surface area contributed by atoms with E-state index in [1.807, 2.05) is 0 Å². The van der Waals surface area contributed by atoms with Crippen molar-refractivity contribution in [2.24, 2.45) is 5.73 Å². The summed E-state index contributed by atoms with van der Waals surface area (Å²) in [5, 5.41) is 0. The molecule has 0 aromatic heterocycles. The number of nitrogens with zero attached hydrogens (tertiary/aromatic N) is 1. The number of nitrogens with two attached hydrogens (primary N) is 1. The van der Waals surface area contributed by atoms with E-state index in [1.165, 1.54) is 42.4 Å². The van der Waals surface area contributed by atoms with Crippen molar-refractivity contribution >= 4 is 11.8 Å². The molecule has 0 aliphatic rings. The summed E-state index contributed by atoms with van der Waals surface area (Å²) in [6, 6.07) is 33.0. The average molecular weight is 433 g/mol. The summed E-state index contributed by atoms with van der Waals surface area (Å²) in [6.07, 6.45) is 5.05. The standard InChI is InChI=1S/C28H36N2S/c1-30(23-21-29)22-13-2-3-14-24-31-28(25-15-7-4-8-16-25,26-17-9-5-10-18-26)27-19-11-6-12-20-27/h4-12,15-20H,2-3,13-14,21-24,29H2,1H3. The number of rotatable bonds is 13. The number of hydrogen-bond donors (Lipinski definition) is 1. The molecule has 2 nitrogen and oxygen atoms in total. The predicted molar refractivity (Wildman–Crippen MR) is 137 cm³/mol. The second-order valence-corrected chi connectivity index (χ2v) is 9.44. The number of unbranched alkanes of at least 4 members (excludes halogenated alkanes) is 3. The second-order valence-electron chi connectivity index (χ2n) is 8.13. The van der Waals surface area contributed by atoms with E-state index in [1.54, 1.807) is 0 Å². The Morgan fingerprint density at radius 2 is 1.10 bits per heavy atom. The SMILES string of the molecule is CN(CCN)CCCCCCSC(c1ccccc1)(c1ccccc1)c1ccccc1. The fraction of sp³-hybridized carbons (Fsp3) is 0.357. The van der Waals surface area contributed by atoms with Crippen molar-refractivity contribution in [3.8, 4) is 0 Å². The highest BCUT2D eigenvalue weighted by Gasteiger charge is 2.36. The van der Waals surface area contributed by atoms with E-state index >= 15 is 0 Å². The van der Waals surface area contributed by atoms with Crippen molar-refractivity contribution in [3.05, 3.63) is 108 Å². The van der Waals surface area contributed by atoms with Gasteiger partial charge < -0.3 is 10.6 Å². The Bertz CT molecular complexity index is 755. The molecule has 0 heterocycles. The third kappa shape index (κ3) is 6.46. The van der Waals surface area contributed by atoms with Crippen LogP contribution in [0, 0.1) is 0 Å². The van der Waals surface area contributed by atoms with Crippen LogP contribution in [-0.4, -0.2) is 37.3 Å². The van der Waals surface area contributed by atoms with Gasteiger partial charge in [-0.15, -0.1) is 11.8 Å². The molecule has 0 amide bonds. The van der Waals surface area contributed by atoms with E-state index in [-0.39, 0.29) is 4.75 Å². The first-order valence-corrected chi connectivity index (χ1v) is 12.4. The largest absolute Gasteiger partial charge is 0.329 e. The van der Waals surface area contributed by atoms with E-state index in [2.05, 4.69) is 115 Å². The molecule has 0 saturated carbocycles. The lowest BCUT2D eigenvalue weighted by Crippen LogP contribution is -2.26. The van der Waals surface area contributed by atoms with Crippen LogP contribution in [0.2, 0.25) is 0 Å². The Balaban J connectivity index is 1.74. The van der Waals surface area contributed by atoms with E-state index in [4.69, 9.17) is 5.73 Å². The molecule has 3 heteroatoms. The molecule has 2 N–H and O–H groups in total. The van der Waals surface area contributed by atoms with Gasteiger partial charge in [-0.1, -0.05) is 104 Å². The van der Waals surface area contributed by atoms with Crippen LogP contribution in [0.5, 0.6) is 0 Å². The molecule has 0 fully saturated rings. The van der Waals surface area contributed by atoms with Gasteiger partial charge in [0, 0.05) is 13.1 Å². The molecule has 0 saturated heterocycles. The van der Waals surface area contributed by atoms with Crippen LogP contribution in [-0.2, 0) is 4.75 Å². The lowest BCUT2D eigenvalue weighted by atomic mass is 9.84. The fourth-order valence-electron chi connectivity index (χ4n) is 4.16. The summed E-state index contributed by atoms with van der Waals surface area (Å²) in [6.45, 7) is 2.88. The quantitative estimate of drug-likeness (QED) is 0.259. The molecule has 0 aliphatic heterocycles. The summed E-state index contributed by atoms with van der Waals surface area (Å²) >= 11 is 2.07. The van der Waals surface area contributed by atoms with Gasteiger partial charge in [0.25, 0.3) is 0 Å². The Morgan fingerprint density at radius 3 is 1.55 bits per heavy atom. The first-order valence-electron chi connectivity index (χ1n) is 11.5. The summed E-state index contributed by atoms with van der Waals surface area (Å²) in [5.74, 6) is 1.14. The highest BCUT2D eigenvalue weighted by molar-refractivity contribution is 8.00. The van der Waals surface area contributed by atoms with Gasteiger partial charge >= 0.3 is 0 Å². The minimum absolute atomic E-state index is 0.189. The van der Waals surface area contributed by atoms with Crippen molar-refractivity contribution in [3.63, 3.8) is 0 Å². The third-order valence-corrected chi connectivity index (χ3v) is 7.44. The average Bonchev–Trinajstić information content (AvgIpc) is 2.83. The smallest absolute Gasteiger partial charge is 0.0906 e. The van der Waals surface area contributed by atoms with Gasteiger partial charge in [0.1, 0.15) is 0 Å². The van der Waals surface area contributed by atoms with Crippen molar-refractivity contribution in [2.75, 3.05) is 32.4 Å². The summed E-state index contributed by atoms with van der Waals surface area (Å²) < 4.78 is -0.189. The molecule has 3 aromatic carbocycles. The zero-order valence-corrected chi connectivity index (χ0v) is 19.6. The molecule has 164 valence electrons. The summed E-state index contributed by atoms with van der Waals surface area (Å²) in [5.41, 5.74) is 9.68. The number of likely N-dealkylation sites (N-methyl/N-ethyl adjacent to an activating group) is 1. The topological polar surface area (TPSA) is 29.3 Å². The maximum atomic E-state index is 5.64. The zero-order chi connectivity index (χ0) is 21.8. The number of benzene rings is 3. The Labute approximate surface area is 192 Å². The maximum Gasteiger partial charge on any atom is 0.0906 e. The first kappa shape index (κ1) is 23.6. The summed E-state index contributed by atoms with van der Waals surface area (Å²) in [4.78, 5) is 2.33. The van der Waals surface area contributed by atoms with Crippen LogP contribution in [0.1, 0.15) is 42.4 Å².